The highest BCUT2D eigenvalue weighted by Crippen LogP contribution is 2.20. The van der Waals surface area contributed by atoms with Gasteiger partial charge in [0.25, 0.3) is 0 Å². The number of carbonyl (C=O) groups is 3. The highest BCUT2D eigenvalue weighted by Gasteiger charge is 2.17. The molecule has 0 fully saturated rings. The topological polar surface area (TPSA) is 93.7 Å². The minimum atomic E-state index is -0.621. The monoisotopic (exact) mass is 370 g/mol. The summed E-state index contributed by atoms with van der Waals surface area (Å²) in [4.78, 5) is 36.0. The van der Waals surface area contributed by atoms with Crippen LogP contribution in [0.3, 0.4) is 0 Å². The molecule has 2 aromatic carbocycles. The molecule has 0 saturated carbocycles. The van der Waals surface area contributed by atoms with E-state index in [4.69, 9.17) is 4.74 Å². The smallest absolute Gasteiger partial charge is 0.339 e. The maximum atomic E-state index is 12.3. The second-order valence-electron chi connectivity index (χ2n) is 5.96. The zero-order valence-corrected chi connectivity index (χ0v) is 15.7. The van der Waals surface area contributed by atoms with Gasteiger partial charge in [0, 0.05) is 5.69 Å². The lowest BCUT2D eigenvalue weighted by atomic mass is 10.1. The molecule has 27 heavy (non-hydrogen) atoms. The van der Waals surface area contributed by atoms with E-state index >= 15 is 0 Å². The van der Waals surface area contributed by atoms with Gasteiger partial charge in [-0.1, -0.05) is 17.7 Å². The van der Waals surface area contributed by atoms with Crippen LogP contribution in [0.25, 0.3) is 0 Å². The summed E-state index contributed by atoms with van der Waals surface area (Å²) in [6, 6.07) is 10.1. The summed E-state index contributed by atoms with van der Waals surface area (Å²) in [5.74, 6) is -1.57. The number of ether oxygens (including phenoxy) is 2. The Hall–Kier alpha value is -3.35. The van der Waals surface area contributed by atoms with Crippen LogP contribution in [0.4, 0.5) is 11.4 Å². The van der Waals surface area contributed by atoms with Crippen molar-refractivity contribution in [1.82, 2.24) is 0 Å². The molecule has 0 saturated heterocycles. The first kappa shape index (κ1) is 20.0. The van der Waals surface area contributed by atoms with Crippen LogP contribution in [0.15, 0.2) is 36.4 Å². The van der Waals surface area contributed by atoms with Gasteiger partial charge in [0.2, 0.25) is 5.91 Å². The Morgan fingerprint density at radius 1 is 0.889 bits per heavy atom. The summed E-state index contributed by atoms with van der Waals surface area (Å²) in [7, 11) is 2.49. The summed E-state index contributed by atoms with van der Waals surface area (Å²) >= 11 is 0. The molecule has 0 radical (unpaired) electrons. The van der Waals surface area contributed by atoms with Gasteiger partial charge in [-0.05, 0) is 43.7 Å². The third kappa shape index (κ3) is 5.07. The fourth-order valence-electron chi connectivity index (χ4n) is 2.56. The fraction of sp³-hybridized carbons (Fsp3) is 0.250. The number of aryl methyl sites for hydroxylation is 2. The van der Waals surface area contributed by atoms with Gasteiger partial charge in [-0.15, -0.1) is 0 Å². The lowest BCUT2D eigenvalue weighted by Gasteiger charge is -2.13. The molecule has 1 amide bonds. The summed E-state index contributed by atoms with van der Waals surface area (Å²) < 4.78 is 9.39. The zero-order valence-electron chi connectivity index (χ0n) is 15.7. The van der Waals surface area contributed by atoms with Crippen LogP contribution < -0.4 is 10.6 Å². The first-order valence-corrected chi connectivity index (χ1v) is 8.27. The Morgan fingerprint density at radius 3 is 2.22 bits per heavy atom. The number of nitrogens with one attached hydrogen (secondary N) is 2. The van der Waals surface area contributed by atoms with Crippen LogP contribution in [0.5, 0.6) is 0 Å². The SMILES string of the molecule is COC(=O)c1ccc(C(=O)OC)c(NC(=O)CNc2ccc(C)cc2C)c1. The molecule has 0 spiro atoms. The van der Waals surface area contributed by atoms with Crippen LogP contribution in [-0.2, 0) is 14.3 Å². The van der Waals surface area contributed by atoms with E-state index < -0.39 is 11.9 Å². The predicted molar refractivity (Wildman–Crippen MR) is 102 cm³/mol. The molecule has 0 aliphatic heterocycles. The lowest BCUT2D eigenvalue weighted by Crippen LogP contribution is -2.23. The van der Waals surface area contributed by atoms with Gasteiger partial charge in [-0.2, -0.15) is 0 Å². The third-order valence-corrected chi connectivity index (χ3v) is 3.94. The van der Waals surface area contributed by atoms with Crippen molar-refractivity contribution >= 4 is 29.2 Å². The maximum Gasteiger partial charge on any atom is 0.339 e. The molecule has 0 aliphatic carbocycles. The summed E-state index contributed by atoms with van der Waals surface area (Å²) in [5, 5.41) is 5.69. The Kier molecular flexibility index (Phi) is 6.54. The molecule has 7 heteroatoms. The van der Waals surface area contributed by atoms with Gasteiger partial charge in [-0.25, -0.2) is 9.59 Å². The molecular formula is C20H22N2O5. The van der Waals surface area contributed by atoms with Gasteiger partial charge in [0.15, 0.2) is 0 Å². The van der Waals surface area contributed by atoms with E-state index in [0.29, 0.717) is 0 Å². The normalized spacial score (nSPS) is 10.1. The largest absolute Gasteiger partial charge is 0.465 e. The molecule has 0 aromatic heterocycles. The van der Waals surface area contributed by atoms with Gasteiger partial charge in [-0.3, -0.25) is 4.79 Å². The summed E-state index contributed by atoms with van der Waals surface area (Å²) in [6.45, 7) is 3.93. The predicted octanol–water partition coefficient (Wildman–Crippen LogP) is 2.93. The Morgan fingerprint density at radius 2 is 1.59 bits per heavy atom. The van der Waals surface area contributed by atoms with Gasteiger partial charge >= 0.3 is 11.9 Å². The van der Waals surface area contributed by atoms with Crippen molar-refractivity contribution in [2.45, 2.75) is 13.8 Å². The van der Waals surface area contributed by atoms with E-state index in [9.17, 15) is 14.4 Å². The van der Waals surface area contributed by atoms with Gasteiger partial charge in [0.1, 0.15) is 0 Å². The lowest BCUT2D eigenvalue weighted by molar-refractivity contribution is -0.114. The van der Waals surface area contributed by atoms with Crippen LogP contribution in [0.1, 0.15) is 31.8 Å². The molecule has 0 heterocycles. The minimum Gasteiger partial charge on any atom is -0.465 e. The molecule has 2 aromatic rings. The van der Waals surface area contributed by atoms with Gasteiger partial charge in [0.05, 0.1) is 37.6 Å². The standard InChI is InChI=1S/C20H22N2O5/c1-12-5-8-16(13(2)9-12)21-11-18(23)22-17-10-14(19(24)26-3)6-7-15(17)20(25)27-4/h5-10,21H,11H2,1-4H3,(H,22,23). The molecule has 0 unspecified atom stereocenters. The van der Waals surface area contributed by atoms with E-state index in [0.717, 1.165) is 16.8 Å². The average molecular weight is 370 g/mol. The molecule has 7 nitrogen and oxygen atoms in total. The van der Waals surface area contributed by atoms with E-state index in [2.05, 4.69) is 15.4 Å². The molecule has 2 N–H and O–H groups in total. The number of methoxy groups -OCH3 is 2. The number of amides is 1. The van der Waals surface area contributed by atoms with Crippen molar-refractivity contribution in [1.29, 1.82) is 0 Å². The minimum absolute atomic E-state index is 0.00698. The molecule has 0 bridgehead atoms. The molecular weight excluding hydrogens is 348 g/mol. The number of carbonyl (C=O) groups excluding carboxylic acids is 3. The Bertz CT molecular complexity index is 877. The van der Waals surface area contributed by atoms with E-state index in [-0.39, 0.29) is 29.3 Å². The van der Waals surface area contributed by atoms with Crippen molar-refractivity contribution in [3.8, 4) is 0 Å². The number of benzene rings is 2. The molecule has 0 atom stereocenters. The molecule has 0 aliphatic rings. The highest BCUT2D eigenvalue weighted by molar-refractivity contribution is 6.04. The number of hydrogen-bond donors (Lipinski definition) is 2. The van der Waals surface area contributed by atoms with E-state index in [1.807, 2.05) is 32.0 Å². The van der Waals surface area contributed by atoms with Crippen LogP contribution in [0.2, 0.25) is 0 Å². The van der Waals surface area contributed by atoms with Crippen molar-refractivity contribution in [3.05, 3.63) is 58.7 Å². The number of hydrogen-bond acceptors (Lipinski definition) is 6. The quantitative estimate of drug-likeness (QED) is 0.760. The second kappa shape index (κ2) is 8.84. The van der Waals surface area contributed by atoms with E-state index in [1.165, 1.54) is 32.4 Å². The van der Waals surface area contributed by atoms with E-state index in [1.54, 1.807) is 0 Å². The van der Waals surface area contributed by atoms with Crippen molar-refractivity contribution in [2.24, 2.45) is 0 Å². The zero-order chi connectivity index (χ0) is 20.0. The number of esters is 2. The third-order valence-electron chi connectivity index (χ3n) is 3.94. The summed E-state index contributed by atoms with van der Waals surface area (Å²) in [6.07, 6.45) is 0. The van der Waals surface area contributed by atoms with Crippen molar-refractivity contribution in [2.75, 3.05) is 31.4 Å². The number of rotatable bonds is 6. The van der Waals surface area contributed by atoms with Crippen molar-refractivity contribution < 1.29 is 23.9 Å². The van der Waals surface area contributed by atoms with Gasteiger partial charge < -0.3 is 20.1 Å². The first-order valence-electron chi connectivity index (χ1n) is 8.27. The highest BCUT2D eigenvalue weighted by atomic mass is 16.5. The van der Waals surface area contributed by atoms with Crippen LogP contribution in [0, 0.1) is 13.8 Å². The van der Waals surface area contributed by atoms with Crippen LogP contribution >= 0.6 is 0 Å². The Labute approximate surface area is 157 Å². The number of anilines is 2. The van der Waals surface area contributed by atoms with Crippen molar-refractivity contribution in [3.63, 3.8) is 0 Å². The maximum absolute atomic E-state index is 12.3. The molecule has 2 rings (SSSR count). The fourth-order valence-corrected chi connectivity index (χ4v) is 2.56. The first-order chi connectivity index (χ1) is 12.8. The summed E-state index contributed by atoms with van der Waals surface area (Å²) in [5.41, 5.74) is 3.52. The second-order valence-corrected chi connectivity index (χ2v) is 5.96. The molecule has 142 valence electrons. The average Bonchev–Trinajstić information content (AvgIpc) is 2.66. The Balaban J connectivity index is 2.16. The van der Waals surface area contributed by atoms with Crippen LogP contribution in [-0.4, -0.2) is 38.6 Å².